The van der Waals surface area contributed by atoms with Gasteiger partial charge in [0.05, 0.1) is 9.91 Å². The number of anilines is 1. The summed E-state index contributed by atoms with van der Waals surface area (Å²) in [5.41, 5.74) is 0. The number of imide groups is 1. The summed E-state index contributed by atoms with van der Waals surface area (Å²) in [5.74, 6) is -0.290. The Morgan fingerprint density at radius 3 is 2.38 bits per heavy atom. The van der Waals surface area contributed by atoms with Crippen molar-refractivity contribution < 1.29 is 9.59 Å². The summed E-state index contributed by atoms with van der Waals surface area (Å²) in [6.45, 7) is 4.77. The molecule has 2 amide bonds. The van der Waals surface area contributed by atoms with Crippen LogP contribution >= 0.6 is 34.4 Å². The summed E-state index contributed by atoms with van der Waals surface area (Å²) in [4.78, 5) is 29.5. The lowest BCUT2D eigenvalue weighted by Gasteiger charge is -2.16. The van der Waals surface area contributed by atoms with E-state index in [1.807, 2.05) is 17.4 Å². The Kier molecular flexibility index (Phi) is 3.58. The van der Waals surface area contributed by atoms with Crippen LogP contribution < -0.4 is 20.6 Å². The number of thioether (sulfide) groups is 1. The monoisotopic (exact) mass is 392 g/mol. The molecule has 4 rings (SSSR count). The summed E-state index contributed by atoms with van der Waals surface area (Å²) < 4.78 is 0. The van der Waals surface area contributed by atoms with E-state index in [0.717, 1.165) is 16.6 Å². The molecule has 24 heavy (non-hydrogen) atoms. The molecule has 0 spiro atoms. The summed E-state index contributed by atoms with van der Waals surface area (Å²) >= 11 is 4.55. The molecule has 1 fully saturated rings. The molecule has 1 saturated heterocycles. The molecule has 2 aliphatic heterocycles. The number of hydrogen-bond acceptors (Lipinski definition) is 6. The van der Waals surface area contributed by atoms with Crippen LogP contribution in [0.2, 0.25) is 13.1 Å². The fourth-order valence-electron chi connectivity index (χ4n) is 3.04. The van der Waals surface area contributed by atoms with E-state index in [1.165, 1.54) is 25.1 Å². The molecule has 2 aromatic heterocycles. The third kappa shape index (κ3) is 2.32. The van der Waals surface area contributed by atoms with Crippen LogP contribution in [-0.2, 0) is 4.79 Å². The van der Waals surface area contributed by atoms with Crippen LogP contribution in [0.3, 0.4) is 0 Å². The Balaban J connectivity index is 1.79. The number of amides is 2. The topological polar surface area (TPSA) is 49.4 Å². The van der Waals surface area contributed by atoms with Gasteiger partial charge in [0.25, 0.3) is 11.1 Å². The van der Waals surface area contributed by atoms with Crippen molar-refractivity contribution >= 4 is 75.1 Å². The van der Waals surface area contributed by atoms with Crippen molar-refractivity contribution in [1.82, 2.24) is 5.32 Å². The predicted octanol–water partition coefficient (Wildman–Crippen LogP) is 3.00. The number of rotatable bonds is 2. The second-order valence-corrected chi connectivity index (χ2v) is 14.0. The van der Waals surface area contributed by atoms with E-state index in [4.69, 9.17) is 0 Å². The average Bonchev–Trinajstić information content (AvgIpc) is 3.18. The van der Waals surface area contributed by atoms with Gasteiger partial charge in [-0.25, -0.2) is 0 Å². The Labute approximate surface area is 153 Å². The minimum atomic E-state index is -1.68. The average molecular weight is 393 g/mol. The maximum Gasteiger partial charge on any atom is 0.290 e. The van der Waals surface area contributed by atoms with Crippen molar-refractivity contribution in [3.8, 4) is 9.75 Å². The summed E-state index contributed by atoms with van der Waals surface area (Å²) in [5, 5.41) is 6.27. The first kappa shape index (κ1) is 16.1. The van der Waals surface area contributed by atoms with E-state index in [1.54, 1.807) is 11.3 Å². The van der Waals surface area contributed by atoms with Gasteiger partial charge in [-0.1, -0.05) is 13.1 Å². The molecular formula is C16H16N2O2S3Si. The SMILES string of the molecule is CN(C)c1cc2c(s1)-c1sc(/C=C3\SC(=O)NC3=O)cc1[Si]2(C)C. The van der Waals surface area contributed by atoms with E-state index in [-0.39, 0.29) is 11.1 Å². The molecule has 2 aromatic rings. The number of nitrogens with one attached hydrogen (secondary N) is 1. The van der Waals surface area contributed by atoms with Crippen molar-refractivity contribution in [3.05, 3.63) is 21.9 Å². The zero-order valence-corrected chi connectivity index (χ0v) is 17.2. The lowest BCUT2D eigenvalue weighted by Crippen LogP contribution is -2.48. The molecule has 8 heteroatoms. The summed E-state index contributed by atoms with van der Waals surface area (Å²) in [6, 6.07) is 4.56. The van der Waals surface area contributed by atoms with Crippen LogP contribution in [0.1, 0.15) is 4.88 Å². The van der Waals surface area contributed by atoms with Gasteiger partial charge in [-0.2, -0.15) is 0 Å². The lowest BCUT2D eigenvalue weighted by molar-refractivity contribution is -0.115. The lowest BCUT2D eigenvalue weighted by atomic mass is 10.3. The van der Waals surface area contributed by atoms with E-state index in [9.17, 15) is 9.59 Å². The van der Waals surface area contributed by atoms with E-state index < -0.39 is 8.07 Å². The third-order valence-electron chi connectivity index (χ3n) is 4.38. The van der Waals surface area contributed by atoms with Crippen molar-refractivity contribution in [2.75, 3.05) is 19.0 Å². The molecule has 0 atom stereocenters. The number of thiophene rings is 2. The number of fused-ring (bicyclic) bond motifs is 3. The van der Waals surface area contributed by atoms with Crippen LogP contribution in [0.5, 0.6) is 0 Å². The Morgan fingerprint density at radius 2 is 1.75 bits per heavy atom. The Bertz CT molecular complexity index is 924. The van der Waals surface area contributed by atoms with Gasteiger partial charge < -0.3 is 4.90 Å². The largest absolute Gasteiger partial charge is 0.370 e. The first-order chi connectivity index (χ1) is 11.3. The van der Waals surface area contributed by atoms with Gasteiger partial charge in [0.2, 0.25) is 0 Å². The van der Waals surface area contributed by atoms with E-state index in [0.29, 0.717) is 4.91 Å². The Hall–Kier alpha value is -1.35. The second kappa shape index (κ2) is 5.32. The third-order valence-corrected chi connectivity index (χ3v) is 11.6. The highest BCUT2D eigenvalue weighted by molar-refractivity contribution is 8.18. The molecule has 4 nitrogen and oxygen atoms in total. The standard InChI is InChI=1S/C16H16N2O2S3Si/c1-18(2)12-7-11-14(23-12)13-10(24(11,3)4)6-8(21-13)5-9-15(19)17-16(20)22-9/h5-7H,1-4H3,(H,17,19,20)/b9-5-. The van der Waals surface area contributed by atoms with E-state index >= 15 is 0 Å². The van der Waals surface area contributed by atoms with Crippen LogP contribution in [-0.4, -0.2) is 33.3 Å². The molecule has 0 unspecified atom stereocenters. The van der Waals surface area contributed by atoms with Gasteiger partial charge in [-0.05, 0) is 40.3 Å². The van der Waals surface area contributed by atoms with Crippen molar-refractivity contribution in [1.29, 1.82) is 0 Å². The van der Waals surface area contributed by atoms with E-state index in [2.05, 4.69) is 49.5 Å². The van der Waals surface area contributed by atoms with Crippen molar-refractivity contribution in [2.45, 2.75) is 13.1 Å². The fraction of sp³-hybridized carbons (Fsp3) is 0.250. The molecule has 0 bridgehead atoms. The minimum Gasteiger partial charge on any atom is -0.370 e. The maximum atomic E-state index is 11.8. The van der Waals surface area contributed by atoms with Crippen LogP contribution in [0.4, 0.5) is 9.80 Å². The van der Waals surface area contributed by atoms with Gasteiger partial charge in [-0.15, -0.1) is 22.7 Å². The second-order valence-electron chi connectivity index (χ2n) is 6.59. The highest BCUT2D eigenvalue weighted by Gasteiger charge is 2.41. The molecule has 4 heterocycles. The molecule has 0 radical (unpaired) electrons. The van der Waals surface area contributed by atoms with Gasteiger partial charge in [0, 0.05) is 28.7 Å². The van der Waals surface area contributed by atoms with Gasteiger partial charge in [0.15, 0.2) is 0 Å². The van der Waals surface area contributed by atoms with Gasteiger partial charge in [-0.3, -0.25) is 14.9 Å². The molecule has 124 valence electrons. The number of carbonyl (C=O) groups is 2. The first-order valence-corrected chi connectivity index (χ1v) is 12.9. The fourth-order valence-corrected chi connectivity index (χ4v) is 10.9. The highest BCUT2D eigenvalue weighted by Crippen LogP contribution is 2.42. The first-order valence-electron chi connectivity index (χ1n) is 7.48. The predicted molar refractivity (Wildman–Crippen MR) is 108 cm³/mol. The minimum absolute atomic E-state index is 0.290. The van der Waals surface area contributed by atoms with Crippen molar-refractivity contribution in [3.63, 3.8) is 0 Å². The van der Waals surface area contributed by atoms with Gasteiger partial charge in [0.1, 0.15) is 8.07 Å². The van der Waals surface area contributed by atoms with Crippen molar-refractivity contribution in [2.24, 2.45) is 0 Å². The number of carbonyl (C=O) groups excluding carboxylic acids is 2. The molecule has 1 N–H and O–H groups in total. The molecule has 0 aromatic carbocycles. The van der Waals surface area contributed by atoms with Crippen LogP contribution in [0.25, 0.3) is 15.8 Å². The highest BCUT2D eigenvalue weighted by atomic mass is 32.2. The molecule has 2 aliphatic rings. The van der Waals surface area contributed by atoms with Gasteiger partial charge >= 0.3 is 0 Å². The molecule has 0 saturated carbocycles. The summed E-state index contributed by atoms with van der Waals surface area (Å²) in [6.07, 6.45) is 1.85. The smallest absolute Gasteiger partial charge is 0.290 e. The molecular weight excluding hydrogens is 376 g/mol. The van der Waals surface area contributed by atoms with Crippen LogP contribution in [0, 0.1) is 0 Å². The maximum absolute atomic E-state index is 11.8. The Morgan fingerprint density at radius 1 is 1.08 bits per heavy atom. The summed E-state index contributed by atoms with van der Waals surface area (Å²) in [7, 11) is 2.47. The quantitative estimate of drug-likeness (QED) is 0.630. The normalized spacial score (nSPS) is 19.6. The number of nitrogens with zero attached hydrogens (tertiary/aromatic N) is 1. The van der Waals surface area contributed by atoms with Crippen LogP contribution in [0.15, 0.2) is 17.0 Å². The molecule has 0 aliphatic carbocycles. The zero-order valence-electron chi connectivity index (χ0n) is 13.7. The number of hydrogen-bond donors (Lipinski definition) is 1. The zero-order chi connectivity index (χ0) is 17.2.